The molecule has 45 heavy (non-hydrogen) atoms. The lowest BCUT2D eigenvalue weighted by Gasteiger charge is -2.37. The lowest BCUT2D eigenvalue weighted by Crippen LogP contribution is -2.33. The van der Waals surface area contributed by atoms with Crippen molar-refractivity contribution in [2.75, 3.05) is 4.90 Å². The van der Waals surface area contributed by atoms with E-state index >= 15 is 0 Å². The highest BCUT2D eigenvalue weighted by Gasteiger charge is 2.46. The second-order valence-corrected chi connectivity index (χ2v) is 12.7. The molecule has 6 aromatic carbocycles. The van der Waals surface area contributed by atoms with Crippen LogP contribution in [0.25, 0.3) is 33.4 Å². The fourth-order valence-electron chi connectivity index (χ4n) is 7.56. The number of rotatable bonds is 8. The number of benzene rings is 6. The van der Waals surface area contributed by atoms with Crippen molar-refractivity contribution in [2.24, 2.45) is 5.92 Å². The van der Waals surface area contributed by atoms with Crippen molar-refractivity contribution >= 4 is 11.4 Å². The van der Waals surface area contributed by atoms with Gasteiger partial charge in [0.05, 0.1) is 0 Å². The standard InChI is InChI=1S/C44H41N/c1-5-32(4)45(38-27-21-35(22-28-38)33-13-7-6-8-14-33)39-29-23-36(24-30-39)34-19-25-37(26-20-34)44(31(2)3)42-17-11-9-15-40(42)41-16-10-12-18-43(41)44/h6-32H,5H2,1-4H3. The summed E-state index contributed by atoms with van der Waals surface area (Å²) in [6, 6.07) is 56.4. The Morgan fingerprint density at radius 3 is 1.31 bits per heavy atom. The van der Waals surface area contributed by atoms with E-state index in [-0.39, 0.29) is 5.41 Å². The average Bonchev–Trinajstić information content (AvgIpc) is 3.41. The van der Waals surface area contributed by atoms with Gasteiger partial charge in [0.1, 0.15) is 0 Å². The molecule has 0 fully saturated rings. The second kappa shape index (κ2) is 11.9. The van der Waals surface area contributed by atoms with Gasteiger partial charge in [-0.15, -0.1) is 0 Å². The van der Waals surface area contributed by atoms with E-state index in [0.29, 0.717) is 12.0 Å². The van der Waals surface area contributed by atoms with Gasteiger partial charge >= 0.3 is 0 Å². The molecule has 0 saturated carbocycles. The zero-order valence-corrected chi connectivity index (χ0v) is 26.7. The topological polar surface area (TPSA) is 3.24 Å². The summed E-state index contributed by atoms with van der Waals surface area (Å²) in [6.07, 6.45) is 1.06. The minimum Gasteiger partial charge on any atom is -0.339 e. The van der Waals surface area contributed by atoms with Gasteiger partial charge in [-0.2, -0.15) is 0 Å². The van der Waals surface area contributed by atoms with Crippen LogP contribution in [-0.4, -0.2) is 6.04 Å². The molecule has 0 aromatic heterocycles. The zero-order chi connectivity index (χ0) is 31.0. The summed E-state index contributed by atoms with van der Waals surface area (Å²) < 4.78 is 0. The molecule has 1 heteroatoms. The molecule has 1 nitrogen and oxygen atoms in total. The Bertz CT molecular complexity index is 1850. The lowest BCUT2D eigenvalue weighted by molar-refractivity contribution is 0.447. The van der Waals surface area contributed by atoms with Gasteiger partial charge in [0.25, 0.3) is 0 Å². The molecule has 7 rings (SSSR count). The second-order valence-electron chi connectivity index (χ2n) is 12.7. The van der Waals surface area contributed by atoms with Gasteiger partial charge in [-0.1, -0.05) is 148 Å². The maximum absolute atomic E-state index is 2.46. The van der Waals surface area contributed by atoms with Gasteiger partial charge < -0.3 is 4.90 Å². The van der Waals surface area contributed by atoms with Crippen molar-refractivity contribution < 1.29 is 0 Å². The molecule has 1 aliphatic carbocycles. The summed E-state index contributed by atoms with van der Waals surface area (Å²) >= 11 is 0. The van der Waals surface area contributed by atoms with Crippen LogP contribution in [-0.2, 0) is 5.41 Å². The molecule has 0 saturated heterocycles. The monoisotopic (exact) mass is 583 g/mol. The first kappa shape index (κ1) is 28.9. The van der Waals surface area contributed by atoms with Gasteiger partial charge in [-0.05, 0) is 93.6 Å². The number of hydrogen-bond acceptors (Lipinski definition) is 1. The molecule has 1 unspecified atom stereocenters. The summed E-state index contributed by atoms with van der Waals surface area (Å²) in [5.41, 5.74) is 14.2. The van der Waals surface area contributed by atoms with E-state index < -0.39 is 0 Å². The van der Waals surface area contributed by atoms with Gasteiger partial charge in [0.15, 0.2) is 0 Å². The average molecular weight is 584 g/mol. The van der Waals surface area contributed by atoms with Crippen LogP contribution < -0.4 is 4.90 Å². The number of anilines is 2. The van der Waals surface area contributed by atoms with E-state index in [0.717, 1.165) is 6.42 Å². The Kier molecular flexibility index (Phi) is 7.63. The Balaban J connectivity index is 1.20. The fourth-order valence-corrected chi connectivity index (χ4v) is 7.56. The normalized spacial score (nSPS) is 13.7. The quantitative estimate of drug-likeness (QED) is 0.172. The van der Waals surface area contributed by atoms with Crippen LogP contribution in [0.15, 0.2) is 152 Å². The number of fused-ring (bicyclic) bond motifs is 3. The maximum Gasteiger partial charge on any atom is 0.0486 e. The van der Waals surface area contributed by atoms with Crippen LogP contribution in [0.2, 0.25) is 0 Å². The highest BCUT2D eigenvalue weighted by molar-refractivity contribution is 5.84. The Morgan fingerprint density at radius 2 is 0.867 bits per heavy atom. The van der Waals surface area contributed by atoms with Crippen molar-refractivity contribution in [3.63, 3.8) is 0 Å². The number of nitrogens with zero attached hydrogens (tertiary/aromatic N) is 1. The van der Waals surface area contributed by atoms with Gasteiger partial charge in [0, 0.05) is 22.8 Å². The third kappa shape index (κ3) is 4.88. The van der Waals surface area contributed by atoms with Crippen LogP contribution >= 0.6 is 0 Å². The molecule has 0 bridgehead atoms. The smallest absolute Gasteiger partial charge is 0.0486 e. The van der Waals surface area contributed by atoms with Crippen molar-refractivity contribution in [2.45, 2.75) is 45.6 Å². The Morgan fingerprint density at radius 1 is 0.467 bits per heavy atom. The third-order valence-electron chi connectivity index (χ3n) is 9.96. The van der Waals surface area contributed by atoms with Crippen LogP contribution in [0, 0.1) is 5.92 Å². The predicted molar refractivity (Wildman–Crippen MR) is 192 cm³/mol. The maximum atomic E-state index is 2.46. The first-order valence-corrected chi connectivity index (χ1v) is 16.4. The van der Waals surface area contributed by atoms with Crippen LogP contribution in [0.4, 0.5) is 11.4 Å². The molecule has 1 aliphatic rings. The highest BCUT2D eigenvalue weighted by atomic mass is 15.2. The van der Waals surface area contributed by atoms with Crippen LogP contribution in [0.1, 0.15) is 50.8 Å². The molecule has 1 atom stereocenters. The van der Waals surface area contributed by atoms with E-state index in [4.69, 9.17) is 0 Å². The summed E-state index contributed by atoms with van der Waals surface area (Å²) in [5.74, 6) is 0.403. The minimum atomic E-state index is -0.164. The van der Waals surface area contributed by atoms with Crippen LogP contribution in [0.3, 0.4) is 0 Å². The predicted octanol–water partition coefficient (Wildman–Crippen LogP) is 11.9. The highest BCUT2D eigenvalue weighted by Crippen LogP contribution is 2.56. The largest absolute Gasteiger partial charge is 0.339 e. The first-order valence-electron chi connectivity index (χ1n) is 16.4. The van der Waals surface area contributed by atoms with E-state index in [1.165, 1.54) is 61.4 Å². The molecular weight excluding hydrogens is 542 g/mol. The number of hydrogen-bond donors (Lipinski definition) is 0. The van der Waals surface area contributed by atoms with Gasteiger partial charge in [-0.3, -0.25) is 0 Å². The molecule has 0 aliphatic heterocycles. The van der Waals surface area contributed by atoms with Crippen molar-refractivity contribution in [1.29, 1.82) is 0 Å². The van der Waals surface area contributed by atoms with E-state index in [1.807, 2.05) is 0 Å². The van der Waals surface area contributed by atoms with Crippen molar-refractivity contribution in [1.82, 2.24) is 0 Å². The molecule has 222 valence electrons. The minimum absolute atomic E-state index is 0.164. The molecule has 6 aromatic rings. The fraction of sp³-hybridized carbons (Fsp3) is 0.182. The zero-order valence-electron chi connectivity index (χ0n) is 26.7. The first-order chi connectivity index (χ1) is 22.0. The third-order valence-corrected chi connectivity index (χ3v) is 9.96. The SMILES string of the molecule is CCC(C)N(c1ccc(-c2ccccc2)cc1)c1ccc(-c2ccc(C3(C(C)C)c4ccccc4-c4ccccc43)cc2)cc1. The van der Waals surface area contributed by atoms with E-state index in [2.05, 4.69) is 184 Å². The summed E-state index contributed by atoms with van der Waals surface area (Å²) in [5, 5.41) is 0. The van der Waals surface area contributed by atoms with Gasteiger partial charge in [0.2, 0.25) is 0 Å². The summed E-state index contributed by atoms with van der Waals surface area (Å²) in [7, 11) is 0. The Hall–Kier alpha value is -4.88. The molecule has 0 radical (unpaired) electrons. The Labute approximate surface area is 268 Å². The molecule has 0 amide bonds. The molecule has 0 heterocycles. The summed E-state index contributed by atoms with van der Waals surface area (Å²) in [6.45, 7) is 9.30. The van der Waals surface area contributed by atoms with Crippen molar-refractivity contribution in [3.8, 4) is 33.4 Å². The van der Waals surface area contributed by atoms with E-state index in [9.17, 15) is 0 Å². The summed E-state index contributed by atoms with van der Waals surface area (Å²) in [4.78, 5) is 2.46. The van der Waals surface area contributed by atoms with Crippen LogP contribution in [0.5, 0.6) is 0 Å². The molecule has 0 N–H and O–H groups in total. The lowest BCUT2D eigenvalue weighted by atomic mass is 9.65. The molecular formula is C44H41N. The van der Waals surface area contributed by atoms with Gasteiger partial charge in [-0.25, -0.2) is 0 Å². The van der Waals surface area contributed by atoms with E-state index in [1.54, 1.807) is 0 Å². The molecule has 0 spiro atoms. The van der Waals surface area contributed by atoms with Crippen molar-refractivity contribution in [3.05, 3.63) is 168 Å².